The molecule has 0 aliphatic heterocycles. The molecule has 9 heteroatoms. The smallest absolute Gasteiger partial charge is 0.322 e. The van der Waals surface area contributed by atoms with E-state index in [-0.39, 0.29) is 11.4 Å². The van der Waals surface area contributed by atoms with E-state index in [4.69, 9.17) is 4.74 Å². The van der Waals surface area contributed by atoms with Crippen LogP contribution in [0.3, 0.4) is 0 Å². The van der Waals surface area contributed by atoms with Gasteiger partial charge in [-0.2, -0.15) is 5.10 Å². The molecular formula is C12H21N5O4. The summed E-state index contributed by atoms with van der Waals surface area (Å²) in [7, 11) is 1.61. The molecule has 0 spiro atoms. The molecule has 0 aliphatic carbocycles. The van der Waals surface area contributed by atoms with Crippen molar-refractivity contribution in [2.45, 2.75) is 19.8 Å². The molecule has 0 atom stereocenters. The van der Waals surface area contributed by atoms with Crippen LogP contribution in [0.5, 0.6) is 0 Å². The first-order valence-corrected chi connectivity index (χ1v) is 6.81. The molecule has 118 valence electrons. The van der Waals surface area contributed by atoms with E-state index in [9.17, 15) is 14.9 Å². The number of rotatable bonds is 10. The number of ether oxygens (including phenoxy) is 1. The van der Waals surface area contributed by atoms with Gasteiger partial charge in [-0.3, -0.25) is 20.0 Å². The zero-order valence-electron chi connectivity index (χ0n) is 12.3. The Balaban J connectivity index is 2.55. The van der Waals surface area contributed by atoms with E-state index < -0.39 is 10.8 Å². The summed E-state index contributed by atoms with van der Waals surface area (Å²) in [5.41, 5.74) is -0.0205. The number of amides is 1. The molecule has 1 rings (SSSR count). The molecular weight excluding hydrogens is 278 g/mol. The fourth-order valence-electron chi connectivity index (χ4n) is 1.80. The first-order valence-electron chi connectivity index (χ1n) is 6.81. The summed E-state index contributed by atoms with van der Waals surface area (Å²) in [6.45, 7) is 4.07. The summed E-state index contributed by atoms with van der Waals surface area (Å²) in [5, 5.41) is 23.1. The summed E-state index contributed by atoms with van der Waals surface area (Å²) in [4.78, 5) is 22.4. The number of nitro groups is 1. The normalized spacial score (nSPS) is 10.6. The summed E-state index contributed by atoms with van der Waals surface area (Å²) in [5.74, 6) is -0.547. The lowest BCUT2D eigenvalue weighted by molar-refractivity contribution is -0.385. The van der Waals surface area contributed by atoms with E-state index >= 15 is 0 Å². The van der Waals surface area contributed by atoms with Gasteiger partial charge >= 0.3 is 5.69 Å². The Hall–Kier alpha value is -2.00. The van der Waals surface area contributed by atoms with Gasteiger partial charge in [-0.1, -0.05) is 13.3 Å². The molecule has 0 aromatic carbocycles. The molecule has 21 heavy (non-hydrogen) atoms. The van der Waals surface area contributed by atoms with Crippen molar-refractivity contribution in [1.29, 1.82) is 0 Å². The highest BCUT2D eigenvalue weighted by Gasteiger charge is 2.28. The predicted molar refractivity (Wildman–Crippen MR) is 76.3 cm³/mol. The number of hydrogen-bond donors (Lipinski definition) is 3. The van der Waals surface area contributed by atoms with Crippen LogP contribution < -0.4 is 10.6 Å². The monoisotopic (exact) mass is 299 g/mol. The van der Waals surface area contributed by atoms with Crippen molar-refractivity contribution >= 4 is 11.6 Å². The van der Waals surface area contributed by atoms with Crippen LogP contribution in [0, 0.1) is 10.1 Å². The second kappa shape index (κ2) is 9.03. The second-order valence-electron chi connectivity index (χ2n) is 4.41. The van der Waals surface area contributed by atoms with Crippen LogP contribution in [0.25, 0.3) is 0 Å². The van der Waals surface area contributed by atoms with E-state index in [2.05, 4.69) is 20.8 Å². The first-order chi connectivity index (χ1) is 10.1. The number of aryl methyl sites for hydroxylation is 1. The molecule has 0 saturated carbocycles. The van der Waals surface area contributed by atoms with Crippen LogP contribution in [0.2, 0.25) is 0 Å². The minimum atomic E-state index is -0.569. The number of H-pyrrole nitrogens is 1. The van der Waals surface area contributed by atoms with Gasteiger partial charge in [0.25, 0.3) is 5.91 Å². The van der Waals surface area contributed by atoms with Gasteiger partial charge in [-0.05, 0) is 6.42 Å². The lowest BCUT2D eigenvalue weighted by Crippen LogP contribution is -2.33. The summed E-state index contributed by atoms with van der Waals surface area (Å²) in [6.07, 6.45) is 1.21. The quantitative estimate of drug-likeness (QED) is 0.323. The van der Waals surface area contributed by atoms with Gasteiger partial charge in [-0.25, -0.2) is 0 Å². The lowest BCUT2D eigenvalue weighted by atomic mass is 10.2. The zero-order chi connectivity index (χ0) is 15.7. The number of nitrogens with zero attached hydrogens (tertiary/aromatic N) is 2. The van der Waals surface area contributed by atoms with Crippen molar-refractivity contribution in [3.8, 4) is 0 Å². The Bertz CT molecular complexity index is 474. The fourth-order valence-corrected chi connectivity index (χ4v) is 1.80. The van der Waals surface area contributed by atoms with E-state index in [0.717, 1.165) is 6.42 Å². The molecule has 0 saturated heterocycles. The molecule has 1 aromatic heterocycles. The highest BCUT2D eigenvalue weighted by atomic mass is 16.6. The van der Waals surface area contributed by atoms with Gasteiger partial charge < -0.3 is 15.4 Å². The highest BCUT2D eigenvalue weighted by molar-refractivity contribution is 5.96. The number of hydrogen-bond acceptors (Lipinski definition) is 6. The molecule has 0 bridgehead atoms. The number of aromatic amines is 1. The average molecular weight is 299 g/mol. The van der Waals surface area contributed by atoms with Crippen molar-refractivity contribution in [1.82, 2.24) is 20.8 Å². The van der Waals surface area contributed by atoms with Crippen molar-refractivity contribution in [3.63, 3.8) is 0 Å². The Morgan fingerprint density at radius 1 is 1.43 bits per heavy atom. The second-order valence-corrected chi connectivity index (χ2v) is 4.41. The highest BCUT2D eigenvalue weighted by Crippen LogP contribution is 2.22. The molecule has 0 aliphatic rings. The molecule has 0 unspecified atom stereocenters. The zero-order valence-corrected chi connectivity index (χ0v) is 12.3. The first kappa shape index (κ1) is 17.1. The van der Waals surface area contributed by atoms with Gasteiger partial charge in [0, 0.05) is 26.7 Å². The van der Waals surface area contributed by atoms with Crippen molar-refractivity contribution < 1.29 is 14.5 Å². The summed E-state index contributed by atoms with van der Waals surface area (Å²) < 4.78 is 4.87. The maximum absolute atomic E-state index is 11.9. The molecule has 1 heterocycles. The lowest BCUT2D eigenvalue weighted by Gasteiger charge is -2.05. The third-order valence-corrected chi connectivity index (χ3v) is 2.78. The van der Waals surface area contributed by atoms with Crippen LogP contribution in [-0.2, 0) is 11.2 Å². The summed E-state index contributed by atoms with van der Waals surface area (Å²) in [6, 6.07) is 0. The number of nitrogens with one attached hydrogen (secondary N) is 3. The molecule has 3 N–H and O–H groups in total. The fraction of sp³-hybridized carbons (Fsp3) is 0.667. The minimum Gasteiger partial charge on any atom is -0.383 e. The van der Waals surface area contributed by atoms with Gasteiger partial charge in [0.05, 0.1) is 11.5 Å². The standard InChI is InChI=1S/C12H21N5O4/c1-3-4-9-11(17(19)20)10(16-15-9)12(18)14-6-5-13-7-8-21-2/h13H,3-8H2,1-2H3,(H,14,18)(H,15,16). The van der Waals surface area contributed by atoms with Crippen molar-refractivity contribution in [3.05, 3.63) is 21.5 Å². The van der Waals surface area contributed by atoms with Crippen LogP contribution in [0.1, 0.15) is 29.5 Å². The molecule has 1 amide bonds. The Morgan fingerprint density at radius 2 is 2.19 bits per heavy atom. The number of methoxy groups -OCH3 is 1. The molecule has 1 aromatic rings. The van der Waals surface area contributed by atoms with Crippen LogP contribution in [0.15, 0.2) is 0 Å². The topological polar surface area (TPSA) is 122 Å². The van der Waals surface area contributed by atoms with Gasteiger partial charge in [0.2, 0.25) is 5.69 Å². The van der Waals surface area contributed by atoms with E-state index in [1.165, 1.54) is 0 Å². The van der Waals surface area contributed by atoms with E-state index in [0.29, 0.717) is 38.4 Å². The average Bonchev–Trinajstić information content (AvgIpc) is 2.87. The van der Waals surface area contributed by atoms with E-state index in [1.54, 1.807) is 7.11 Å². The van der Waals surface area contributed by atoms with Crippen molar-refractivity contribution in [2.75, 3.05) is 33.4 Å². The maximum atomic E-state index is 11.9. The van der Waals surface area contributed by atoms with Gasteiger partial charge in [0.1, 0.15) is 5.69 Å². The Morgan fingerprint density at radius 3 is 2.81 bits per heavy atom. The summed E-state index contributed by atoms with van der Waals surface area (Å²) >= 11 is 0. The molecule has 9 nitrogen and oxygen atoms in total. The van der Waals surface area contributed by atoms with E-state index in [1.807, 2.05) is 6.92 Å². The third kappa shape index (κ3) is 5.12. The van der Waals surface area contributed by atoms with Gasteiger partial charge in [0.15, 0.2) is 0 Å². The number of aromatic nitrogens is 2. The Labute approximate surface area is 122 Å². The third-order valence-electron chi connectivity index (χ3n) is 2.78. The van der Waals surface area contributed by atoms with Crippen molar-refractivity contribution in [2.24, 2.45) is 0 Å². The number of carbonyl (C=O) groups excluding carboxylic acids is 1. The number of carbonyl (C=O) groups is 1. The van der Waals surface area contributed by atoms with Crippen LogP contribution >= 0.6 is 0 Å². The molecule has 0 fully saturated rings. The maximum Gasteiger partial charge on any atom is 0.322 e. The minimum absolute atomic E-state index is 0.166. The van der Waals surface area contributed by atoms with Crippen LogP contribution in [-0.4, -0.2) is 54.4 Å². The van der Waals surface area contributed by atoms with Gasteiger partial charge in [-0.15, -0.1) is 0 Å². The Kier molecular flexibility index (Phi) is 7.33. The predicted octanol–water partition coefficient (Wildman–Crippen LogP) is 0.236. The SMILES string of the molecule is CCCc1[nH]nc(C(=O)NCCNCCOC)c1[N+](=O)[O-]. The largest absolute Gasteiger partial charge is 0.383 e. The molecule has 0 radical (unpaired) electrons. The van der Waals surface area contributed by atoms with Crippen LogP contribution in [0.4, 0.5) is 5.69 Å².